The lowest BCUT2D eigenvalue weighted by Gasteiger charge is -2.46. The minimum atomic E-state index is -0.124. The summed E-state index contributed by atoms with van der Waals surface area (Å²) in [5.41, 5.74) is 2.17. The van der Waals surface area contributed by atoms with E-state index in [1.54, 1.807) is 7.11 Å². The van der Waals surface area contributed by atoms with Gasteiger partial charge in [-0.15, -0.1) is 0 Å². The van der Waals surface area contributed by atoms with Crippen molar-refractivity contribution in [1.82, 2.24) is 15.0 Å². The van der Waals surface area contributed by atoms with Gasteiger partial charge in [0.1, 0.15) is 6.61 Å². The monoisotopic (exact) mass is 413 g/mol. The van der Waals surface area contributed by atoms with Gasteiger partial charge in [-0.2, -0.15) is 4.98 Å². The highest BCUT2D eigenvalue weighted by Gasteiger charge is 2.41. The van der Waals surface area contributed by atoms with Crippen LogP contribution in [0.15, 0.2) is 28.8 Å². The van der Waals surface area contributed by atoms with Gasteiger partial charge in [0.25, 0.3) is 5.89 Å². The molecule has 0 bridgehead atoms. The van der Waals surface area contributed by atoms with Gasteiger partial charge in [-0.05, 0) is 49.7 Å². The zero-order chi connectivity index (χ0) is 21.0. The molecule has 0 N–H and O–H groups in total. The molecule has 2 saturated heterocycles. The number of hydrogen-bond acceptors (Lipinski definition) is 6. The number of carbonyl (C=O) groups excluding carboxylic acids is 1. The van der Waals surface area contributed by atoms with Crippen LogP contribution in [0.1, 0.15) is 48.5 Å². The number of nitrogens with zero attached hydrogens (tertiary/aromatic N) is 3. The molecular formula is C23H31N3O4. The van der Waals surface area contributed by atoms with E-state index in [9.17, 15) is 4.79 Å². The molecule has 0 saturated carbocycles. The Labute approximate surface area is 177 Å². The van der Waals surface area contributed by atoms with Crippen molar-refractivity contribution >= 4 is 5.91 Å². The molecule has 1 atom stereocenters. The average molecular weight is 414 g/mol. The fourth-order valence-electron chi connectivity index (χ4n) is 4.71. The van der Waals surface area contributed by atoms with E-state index in [2.05, 4.69) is 23.1 Å². The van der Waals surface area contributed by atoms with Crippen LogP contribution in [-0.2, 0) is 33.7 Å². The molecule has 3 heterocycles. The molecule has 4 rings (SSSR count). The quantitative estimate of drug-likeness (QED) is 0.724. The van der Waals surface area contributed by atoms with Crippen molar-refractivity contribution < 1.29 is 18.8 Å². The maximum absolute atomic E-state index is 12.8. The van der Waals surface area contributed by atoms with Crippen molar-refractivity contribution in [3.05, 3.63) is 47.1 Å². The van der Waals surface area contributed by atoms with E-state index < -0.39 is 0 Å². The van der Waals surface area contributed by atoms with E-state index in [-0.39, 0.29) is 11.5 Å². The fourth-order valence-corrected chi connectivity index (χ4v) is 4.71. The minimum absolute atomic E-state index is 0.124. The lowest BCUT2D eigenvalue weighted by Crippen LogP contribution is -2.51. The summed E-state index contributed by atoms with van der Waals surface area (Å²) in [4.78, 5) is 19.2. The smallest absolute Gasteiger partial charge is 0.252 e. The van der Waals surface area contributed by atoms with E-state index in [1.807, 2.05) is 23.1 Å². The molecular weight excluding hydrogens is 382 g/mol. The summed E-state index contributed by atoms with van der Waals surface area (Å²) in [7, 11) is 1.62. The third-order valence-corrected chi connectivity index (χ3v) is 6.47. The number of aromatic nitrogens is 2. The van der Waals surface area contributed by atoms with Gasteiger partial charge >= 0.3 is 0 Å². The molecule has 0 radical (unpaired) electrons. The Hall–Kier alpha value is -2.25. The van der Waals surface area contributed by atoms with Gasteiger partial charge in [0, 0.05) is 33.2 Å². The van der Waals surface area contributed by atoms with Crippen molar-refractivity contribution in [3.8, 4) is 0 Å². The van der Waals surface area contributed by atoms with Gasteiger partial charge in [-0.3, -0.25) is 4.79 Å². The highest BCUT2D eigenvalue weighted by atomic mass is 16.5. The Kier molecular flexibility index (Phi) is 6.49. The molecule has 2 aromatic rings. The molecule has 7 heteroatoms. The van der Waals surface area contributed by atoms with Crippen LogP contribution < -0.4 is 0 Å². The van der Waals surface area contributed by atoms with Crippen LogP contribution in [0.25, 0.3) is 0 Å². The second kappa shape index (κ2) is 9.27. The van der Waals surface area contributed by atoms with E-state index in [0.29, 0.717) is 24.8 Å². The van der Waals surface area contributed by atoms with Crippen LogP contribution >= 0.6 is 0 Å². The number of piperidine rings is 1. The second-order valence-corrected chi connectivity index (χ2v) is 8.62. The van der Waals surface area contributed by atoms with Gasteiger partial charge < -0.3 is 18.9 Å². The number of aryl methyl sites for hydroxylation is 1. The second-order valence-electron chi connectivity index (χ2n) is 8.62. The zero-order valence-corrected chi connectivity index (χ0v) is 17.9. The van der Waals surface area contributed by atoms with Crippen LogP contribution in [-0.4, -0.2) is 53.4 Å². The molecule has 7 nitrogen and oxygen atoms in total. The highest BCUT2D eigenvalue weighted by Crippen LogP contribution is 2.38. The normalized spacial score (nSPS) is 21.1. The summed E-state index contributed by atoms with van der Waals surface area (Å²) < 4.78 is 16.5. The molecule has 2 aliphatic heterocycles. The van der Waals surface area contributed by atoms with Crippen molar-refractivity contribution in [2.45, 2.75) is 57.7 Å². The Morgan fingerprint density at radius 1 is 1.30 bits per heavy atom. The lowest BCUT2D eigenvalue weighted by atomic mass is 9.78. The number of benzene rings is 1. The van der Waals surface area contributed by atoms with E-state index in [4.69, 9.17) is 14.0 Å². The molecule has 1 aromatic carbocycles. The molecule has 2 fully saturated rings. The predicted molar refractivity (Wildman–Crippen MR) is 111 cm³/mol. The molecule has 1 unspecified atom stereocenters. The van der Waals surface area contributed by atoms with Crippen LogP contribution in [0.2, 0.25) is 0 Å². The molecule has 162 valence electrons. The van der Waals surface area contributed by atoms with Crippen molar-refractivity contribution in [1.29, 1.82) is 0 Å². The molecule has 1 amide bonds. The van der Waals surface area contributed by atoms with Gasteiger partial charge in [0.05, 0.1) is 12.0 Å². The standard InChI is InChI=1S/C23H31N3O4/c1-17-5-3-4-6-19(17)14-22(27)26-10-8-23(9-11-26)15-18(7-12-29-23)13-20-24-21(16-28-2)30-25-20/h3-6,18H,7-16H2,1-2H3. The maximum atomic E-state index is 12.8. The van der Waals surface area contributed by atoms with Crippen molar-refractivity contribution in [2.24, 2.45) is 5.92 Å². The van der Waals surface area contributed by atoms with Crippen LogP contribution in [0.4, 0.5) is 0 Å². The number of amides is 1. The number of methoxy groups -OCH3 is 1. The molecule has 0 aliphatic carbocycles. The Morgan fingerprint density at radius 2 is 2.10 bits per heavy atom. The average Bonchev–Trinajstić information content (AvgIpc) is 3.17. The zero-order valence-electron chi connectivity index (χ0n) is 17.9. The topological polar surface area (TPSA) is 77.7 Å². The summed E-state index contributed by atoms with van der Waals surface area (Å²) in [6, 6.07) is 8.12. The summed E-state index contributed by atoms with van der Waals surface area (Å²) in [5.74, 6) is 1.95. The van der Waals surface area contributed by atoms with E-state index in [0.717, 1.165) is 63.2 Å². The van der Waals surface area contributed by atoms with E-state index in [1.165, 1.54) is 5.56 Å². The molecule has 30 heavy (non-hydrogen) atoms. The number of likely N-dealkylation sites (tertiary alicyclic amines) is 1. The lowest BCUT2D eigenvalue weighted by molar-refractivity contribution is -0.146. The number of hydrogen-bond donors (Lipinski definition) is 0. The number of rotatable bonds is 6. The van der Waals surface area contributed by atoms with Crippen LogP contribution in [0, 0.1) is 12.8 Å². The van der Waals surface area contributed by atoms with Gasteiger partial charge in [-0.1, -0.05) is 29.4 Å². The van der Waals surface area contributed by atoms with Crippen LogP contribution in [0.5, 0.6) is 0 Å². The van der Waals surface area contributed by atoms with Gasteiger partial charge in [0.2, 0.25) is 5.91 Å². The van der Waals surface area contributed by atoms with Crippen LogP contribution in [0.3, 0.4) is 0 Å². The predicted octanol–water partition coefficient (Wildman–Crippen LogP) is 3.10. The summed E-state index contributed by atoms with van der Waals surface area (Å²) in [6.45, 7) is 4.68. The Balaban J connectivity index is 1.30. The third-order valence-electron chi connectivity index (χ3n) is 6.47. The van der Waals surface area contributed by atoms with Gasteiger partial charge in [-0.25, -0.2) is 0 Å². The summed E-state index contributed by atoms with van der Waals surface area (Å²) in [6.07, 6.45) is 5.06. The number of carbonyl (C=O) groups is 1. The molecule has 2 aliphatic rings. The summed E-state index contributed by atoms with van der Waals surface area (Å²) in [5, 5.41) is 4.08. The first-order chi connectivity index (χ1) is 14.6. The summed E-state index contributed by atoms with van der Waals surface area (Å²) >= 11 is 0. The highest BCUT2D eigenvalue weighted by molar-refractivity contribution is 5.79. The maximum Gasteiger partial charge on any atom is 0.252 e. The minimum Gasteiger partial charge on any atom is -0.375 e. The first kappa shape index (κ1) is 21.0. The third kappa shape index (κ3) is 4.90. The Morgan fingerprint density at radius 3 is 2.87 bits per heavy atom. The first-order valence-corrected chi connectivity index (χ1v) is 10.8. The first-order valence-electron chi connectivity index (χ1n) is 10.8. The largest absolute Gasteiger partial charge is 0.375 e. The van der Waals surface area contributed by atoms with Gasteiger partial charge in [0.15, 0.2) is 5.82 Å². The Bertz CT molecular complexity index is 858. The molecule has 1 aromatic heterocycles. The number of ether oxygens (including phenoxy) is 2. The SMILES string of the molecule is COCc1nc(CC2CCOC3(CCN(C(=O)Cc4ccccc4C)CC3)C2)no1. The molecule has 1 spiro atoms. The van der Waals surface area contributed by atoms with Crippen molar-refractivity contribution in [3.63, 3.8) is 0 Å². The van der Waals surface area contributed by atoms with E-state index >= 15 is 0 Å². The van der Waals surface area contributed by atoms with Crippen molar-refractivity contribution in [2.75, 3.05) is 26.8 Å². The fraction of sp³-hybridized carbons (Fsp3) is 0.609.